The number of piperazine rings is 1. The molecule has 0 atom stereocenters. The predicted molar refractivity (Wildman–Crippen MR) is 145 cm³/mol. The zero-order chi connectivity index (χ0) is 25.8. The van der Waals surface area contributed by atoms with Crippen LogP contribution in [0.1, 0.15) is 20.7 Å². The summed E-state index contributed by atoms with van der Waals surface area (Å²) >= 11 is 7.40. The number of carbonyl (C=O) groups is 2. The molecular weight excluding hydrogens is 510 g/mol. The van der Waals surface area contributed by atoms with Crippen LogP contribution in [0.25, 0.3) is 10.9 Å². The van der Waals surface area contributed by atoms with Gasteiger partial charge in [0.25, 0.3) is 11.8 Å². The van der Waals surface area contributed by atoms with Crippen molar-refractivity contribution in [2.45, 2.75) is 4.90 Å². The normalized spacial score (nSPS) is 13.5. The molecule has 0 bridgehead atoms. The lowest BCUT2D eigenvalue weighted by atomic mass is 10.1. The van der Waals surface area contributed by atoms with Gasteiger partial charge in [-0.15, -0.1) is 0 Å². The Morgan fingerprint density at radius 2 is 1.68 bits per heavy atom. The van der Waals surface area contributed by atoms with Crippen LogP contribution in [-0.2, 0) is 0 Å². The Kier molecular flexibility index (Phi) is 7.43. The maximum Gasteiger partial charge on any atom is 0.255 e. The molecule has 37 heavy (non-hydrogen) atoms. The lowest BCUT2D eigenvalue weighted by Gasteiger charge is -2.35. The fraction of sp³-hybridized carbons (Fsp3) is 0.185. The van der Waals surface area contributed by atoms with Gasteiger partial charge in [-0.2, -0.15) is 0 Å². The number of nitrogens with one attached hydrogen (secondary N) is 1. The molecule has 2 aromatic heterocycles. The lowest BCUT2D eigenvalue weighted by Crippen LogP contribution is -2.50. The Morgan fingerprint density at radius 3 is 2.41 bits per heavy atom. The summed E-state index contributed by atoms with van der Waals surface area (Å²) in [6, 6.07) is 16.9. The van der Waals surface area contributed by atoms with Gasteiger partial charge in [0, 0.05) is 55.7 Å². The van der Waals surface area contributed by atoms with E-state index in [1.165, 1.54) is 24.3 Å². The lowest BCUT2D eigenvalue weighted by molar-refractivity contribution is 0.0535. The van der Waals surface area contributed by atoms with Gasteiger partial charge in [0.2, 0.25) is 0 Å². The maximum absolute atomic E-state index is 13.2. The van der Waals surface area contributed by atoms with Crippen LogP contribution in [0.4, 0.5) is 5.69 Å². The van der Waals surface area contributed by atoms with Crippen LogP contribution in [0.15, 0.2) is 78.1 Å². The number of methoxy groups -OCH3 is 1. The minimum Gasteiger partial charge on any atom is -0.495 e. The summed E-state index contributed by atoms with van der Waals surface area (Å²) in [5.74, 6) is 0.319. The Morgan fingerprint density at radius 1 is 0.946 bits per heavy atom. The van der Waals surface area contributed by atoms with Crippen LogP contribution in [-0.4, -0.2) is 64.9 Å². The van der Waals surface area contributed by atoms with Crippen molar-refractivity contribution in [3.63, 3.8) is 0 Å². The fourth-order valence-corrected chi connectivity index (χ4v) is 5.16. The Bertz CT molecular complexity index is 1450. The van der Waals surface area contributed by atoms with Crippen molar-refractivity contribution in [1.29, 1.82) is 0 Å². The molecule has 188 valence electrons. The molecule has 1 N–H and O–H groups in total. The van der Waals surface area contributed by atoms with Crippen LogP contribution in [0.2, 0.25) is 5.02 Å². The minimum absolute atomic E-state index is 0.104. The monoisotopic (exact) mass is 533 g/mol. The standard InChI is InChI=1S/C27H24ClN5O3S/c1-36-23-15-19(7-8-22(23)31-37-24-6-2-4-18-5-3-9-30-25(18)24)26(34)32-10-12-33(13-11-32)27(35)20-14-21(28)17-29-16-20/h2-9,14-17,31H,10-13H2,1H3. The smallest absolute Gasteiger partial charge is 0.255 e. The number of pyridine rings is 2. The van der Waals surface area contributed by atoms with Gasteiger partial charge in [-0.25, -0.2) is 0 Å². The molecule has 8 nitrogen and oxygen atoms in total. The van der Waals surface area contributed by atoms with E-state index in [-0.39, 0.29) is 11.8 Å². The van der Waals surface area contributed by atoms with Gasteiger partial charge in [0.15, 0.2) is 0 Å². The van der Waals surface area contributed by atoms with E-state index in [0.29, 0.717) is 48.1 Å². The number of nitrogens with zero attached hydrogens (tertiary/aromatic N) is 4. The van der Waals surface area contributed by atoms with E-state index in [9.17, 15) is 9.59 Å². The number of carbonyl (C=O) groups excluding carboxylic acids is 2. The van der Waals surface area contributed by atoms with Crippen molar-refractivity contribution in [3.8, 4) is 5.75 Å². The van der Waals surface area contributed by atoms with Gasteiger partial charge in [-0.1, -0.05) is 29.8 Å². The molecule has 3 heterocycles. The molecule has 10 heteroatoms. The van der Waals surface area contributed by atoms with E-state index < -0.39 is 0 Å². The highest BCUT2D eigenvalue weighted by atomic mass is 35.5. The molecule has 2 amide bonds. The number of anilines is 1. The molecule has 1 aliphatic heterocycles. The second-order valence-electron chi connectivity index (χ2n) is 8.43. The van der Waals surface area contributed by atoms with Gasteiger partial charge >= 0.3 is 0 Å². The molecule has 1 fully saturated rings. The van der Waals surface area contributed by atoms with Crippen LogP contribution in [0.3, 0.4) is 0 Å². The van der Waals surface area contributed by atoms with E-state index >= 15 is 0 Å². The molecule has 0 unspecified atom stereocenters. The number of hydrogen-bond donors (Lipinski definition) is 1. The second-order valence-corrected chi connectivity index (χ2v) is 9.71. The summed E-state index contributed by atoms with van der Waals surface area (Å²) in [6.45, 7) is 1.74. The van der Waals surface area contributed by atoms with Gasteiger partial charge < -0.3 is 19.3 Å². The van der Waals surface area contributed by atoms with Gasteiger partial charge in [0.05, 0.1) is 33.8 Å². The van der Waals surface area contributed by atoms with Crippen LogP contribution in [0, 0.1) is 0 Å². The Hall–Kier alpha value is -3.82. The van der Waals surface area contributed by atoms with Crippen molar-refractivity contribution in [2.24, 2.45) is 0 Å². The summed E-state index contributed by atoms with van der Waals surface area (Å²) in [4.78, 5) is 38.9. The minimum atomic E-state index is -0.141. The third kappa shape index (κ3) is 5.47. The Labute approximate surface area is 223 Å². The van der Waals surface area contributed by atoms with Gasteiger partial charge in [-0.05, 0) is 48.3 Å². The van der Waals surface area contributed by atoms with Crippen LogP contribution < -0.4 is 9.46 Å². The molecule has 0 aliphatic carbocycles. The first-order valence-corrected chi connectivity index (χ1v) is 12.9. The predicted octanol–water partition coefficient (Wildman–Crippen LogP) is 5.01. The highest BCUT2D eigenvalue weighted by molar-refractivity contribution is 8.00. The van der Waals surface area contributed by atoms with E-state index in [1.54, 1.807) is 41.3 Å². The highest BCUT2D eigenvalue weighted by Gasteiger charge is 2.26. The molecule has 1 aliphatic rings. The number of fused-ring (bicyclic) bond motifs is 1. The molecule has 0 spiro atoms. The van der Waals surface area contributed by atoms with Crippen LogP contribution in [0.5, 0.6) is 5.75 Å². The number of halogens is 1. The van der Waals surface area contributed by atoms with Crippen LogP contribution >= 0.6 is 23.5 Å². The van der Waals surface area contributed by atoms with Crippen molar-refractivity contribution < 1.29 is 14.3 Å². The summed E-state index contributed by atoms with van der Waals surface area (Å²) in [6.07, 6.45) is 4.77. The quantitative estimate of drug-likeness (QED) is 0.349. The zero-order valence-electron chi connectivity index (χ0n) is 20.1. The van der Waals surface area contributed by atoms with E-state index in [0.717, 1.165) is 21.5 Å². The topological polar surface area (TPSA) is 87.7 Å². The number of benzene rings is 2. The SMILES string of the molecule is COc1cc(C(=O)N2CCN(C(=O)c3cncc(Cl)c3)CC2)ccc1NSc1cccc2cccnc12. The zero-order valence-corrected chi connectivity index (χ0v) is 21.6. The third-order valence-electron chi connectivity index (χ3n) is 6.12. The van der Waals surface area contributed by atoms with E-state index in [2.05, 4.69) is 14.7 Å². The van der Waals surface area contributed by atoms with Crippen molar-refractivity contribution in [3.05, 3.63) is 89.3 Å². The number of para-hydroxylation sites is 1. The van der Waals surface area contributed by atoms with Gasteiger partial charge in [0.1, 0.15) is 5.75 Å². The van der Waals surface area contributed by atoms with Crippen molar-refractivity contribution >= 4 is 52.0 Å². The third-order valence-corrected chi connectivity index (χ3v) is 7.20. The fourth-order valence-electron chi connectivity index (χ4n) is 4.18. The van der Waals surface area contributed by atoms with Crippen molar-refractivity contribution in [1.82, 2.24) is 19.8 Å². The summed E-state index contributed by atoms with van der Waals surface area (Å²) < 4.78 is 8.90. The summed E-state index contributed by atoms with van der Waals surface area (Å²) in [7, 11) is 1.58. The number of hydrogen-bond acceptors (Lipinski definition) is 7. The average Bonchev–Trinajstić information content (AvgIpc) is 2.95. The van der Waals surface area contributed by atoms with Gasteiger partial charge in [-0.3, -0.25) is 19.6 Å². The highest BCUT2D eigenvalue weighted by Crippen LogP contribution is 2.33. The number of ether oxygens (including phenoxy) is 1. The molecule has 0 radical (unpaired) electrons. The molecule has 5 rings (SSSR count). The van der Waals surface area contributed by atoms with E-state index in [4.69, 9.17) is 16.3 Å². The summed E-state index contributed by atoms with van der Waals surface area (Å²) in [5, 5.41) is 1.48. The Balaban J connectivity index is 1.23. The second kappa shape index (κ2) is 11.1. The number of aromatic nitrogens is 2. The first-order chi connectivity index (χ1) is 18.0. The largest absolute Gasteiger partial charge is 0.495 e. The number of amides is 2. The molecule has 4 aromatic rings. The first kappa shape index (κ1) is 24.9. The number of rotatable bonds is 6. The molecule has 1 saturated heterocycles. The molecule has 0 saturated carbocycles. The molecule has 2 aromatic carbocycles. The first-order valence-electron chi connectivity index (χ1n) is 11.7. The molecular formula is C27H24ClN5O3S. The summed E-state index contributed by atoms with van der Waals surface area (Å²) in [5.41, 5.74) is 2.63. The maximum atomic E-state index is 13.2. The van der Waals surface area contributed by atoms with Crippen molar-refractivity contribution in [2.75, 3.05) is 38.0 Å². The van der Waals surface area contributed by atoms with E-state index in [1.807, 2.05) is 36.4 Å². The average molecular weight is 534 g/mol.